The van der Waals surface area contributed by atoms with Crippen molar-refractivity contribution in [2.75, 3.05) is 43.5 Å². The van der Waals surface area contributed by atoms with E-state index < -0.39 is 10.0 Å². The Morgan fingerprint density at radius 1 is 1.24 bits per heavy atom. The van der Waals surface area contributed by atoms with Gasteiger partial charge in [-0.3, -0.25) is 0 Å². The third-order valence-corrected chi connectivity index (χ3v) is 5.91. The SMILES string of the molecule is O=S1(=O)CCCN1Cc1nc(Cl)ccc1N1CCOCC1. The summed E-state index contributed by atoms with van der Waals surface area (Å²) in [7, 11) is -3.14. The molecule has 0 bridgehead atoms. The molecule has 2 aliphatic rings. The maximum atomic E-state index is 12.0. The molecule has 8 heteroatoms. The fourth-order valence-corrected chi connectivity index (χ4v) is 4.36. The van der Waals surface area contributed by atoms with Gasteiger partial charge < -0.3 is 9.64 Å². The molecule has 2 fully saturated rings. The van der Waals surface area contributed by atoms with Gasteiger partial charge >= 0.3 is 0 Å². The summed E-state index contributed by atoms with van der Waals surface area (Å²) in [6.45, 7) is 3.74. The van der Waals surface area contributed by atoms with Gasteiger partial charge in [0.15, 0.2) is 0 Å². The minimum absolute atomic E-state index is 0.223. The summed E-state index contributed by atoms with van der Waals surface area (Å²) in [5, 5.41) is 0.388. The maximum Gasteiger partial charge on any atom is 0.214 e. The Morgan fingerprint density at radius 2 is 2.00 bits per heavy atom. The molecule has 0 radical (unpaired) electrons. The third-order valence-electron chi connectivity index (χ3n) is 3.80. The van der Waals surface area contributed by atoms with E-state index >= 15 is 0 Å². The highest BCUT2D eigenvalue weighted by Gasteiger charge is 2.30. The smallest absolute Gasteiger partial charge is 0.214 e. The standard InChI is InChI=1S/C13H18ClN3O3S/c14-13-3-2-12(16-5-7-20-8-6-16)11(15-13)10-17-4-1-9-21(17,18)19/h2-3H,1,4-10H2. The van der Waals surface area contributed by atoms with E-state index in [1.165, 1.54) is 4.31 Å². The first-order valence-electron chi connectivity index (χ1n) is 7.02. The highest BCUT2D eigenvalue weighted by molar-refractivity contribution is 7.89. The molecule has 116 valence electrons. The topological polar surface area (TPSA) is 62.7 Å². The molecule has 0 N–H and O–H groups in total. The summed E-state index contributed by atoms with van der Waals surface area (Å²) in [5.41, 5.74) is 1.67. The Hall–Kier alpha value is -0.890. The van der Waals surface area contributed by atoms with Gasteiger partial charge in [0, 0.05) is 19.6 Å². The van der Waals surface area contributed by atoms with Crippen LogP contribution in [0.3, 0.4) is 0 Å². The second-order valence-corrected chi connectivity index (χ2v) is 7.68. The van der Waals surface area contributed by atoms with E-state index in [4.69, 9.17) is 16.3 Å². The molecular formula is C13H18ClN3O3S. The van der Waals surface area contributed by atoms with E-state index in [0.717, 1.165) is 24.5 Å². The number of ether oxygens (including phenoxy) is 1. The molecule has 1 aromatic heterocycles. The molecule has 1 aromatic rings. The summed E-state index contributed by atoms with van der Waals surface area (Å²) in [6, 6.07) is 3.66. The van der Waals surface area contributed by atoms with Crippen molar-refractivity contribution in [1.29, 1.82) is 0 Å². The van der Waals surface area contributed by atoms with Gasteiger partial charge in [0.1, 0.15) is 5.15 Å². The number of hydrogen-bond acceptors (Lipinski definition) is 5. The zero-order chi connectivity index (χ0) is 14.9. The molecule has 2 saturated heterocycles. The van der Waals surface area contributed by atoms with Crippen LogP contribution in [0.1, 0.15) is 12.1 Å². The number of hydrogen-bond donors (Lipinski definition) is 0. The lowest BCUT2D eigenvalue weighted by Gasteiger charge is -2.30. The summed E-state index contributed by atoms with van der Waals surface area (Å²) in [6.07, 6.45) is 0.676. The fraction of sp³-hybridized carbons (Fsp3) is 0.615. The van der Waals surface area contributed by atoms with E-state index in [0.29, 0.717) is 31.3 Å². The van der Waals surface area contributed by atoms with Crippen LogP contribution in [0.25, 0.3) is 0 Å². The van der Waals surface area contributed by atoms with Crippen molar-refractivity contribution in [3.05, 3.63) is 23.0 Å². The molecular weight excluding hydrogens is 314 g/mol. The molecule has 0 spiro atoms. The molecule has 2 aliphatic heterocycles. The van der Waals surface area contributed by atoms with Crippen LogP contribution in [0.5, 0.6) is 0 Å². The second-order valence-electron chi connectivity index (χ2n) is 5.20. The second kappa shape index (κ2) is 6.08. The first-order valence-corrected chi connectivity index (χ1v) is 9.01. The number of pyridine rings is 1. The molecule has 0 amide bonds. The summed E-state index contributed by atoms with van der Waals surface area (Å²) in [5.74, 6) is 0.223. The Kier molecular flexibility index (Phi) is 4.35. The van der Waals surface area contributed by atoms with E-state index in [2.05, 4.69) is 9.88 Å². The average Bonchev–Trinajstić information content (AvgIpc) is 2.79. The molecule has 0 atom stereocenters. The van der Waals surface area contributed by atoms with Gasteiger partial charge in [0.05, 0.1) is 36.9 Å². The summed E-state index contributed by atoms with van der Waals surface area (Å²) < 4.78 is 30.8. The van der Waals surface area contributed by atoms with Gasteiger partial charge in [-0.05, 0) is 18.6 Å². The number of halogens is 1. The van der Waals surface area contributed by atoms with Crippen molar-refractivity contribution < 1.29 is 13.2 Å². The Bertz CT molecular complexity index is 617. The van der Waals surface area contributed by atoms with Gasteiger partial charge in [-0.1, -0.05) is 11.6 Å². The average molecular weight is 332 g/mol. The summed E-state index contributed by atoms with van der Waals surface area (Å²) in [4.78, 5) is 6.53. The number of aromatic nitrogens is 1. The van der Waals surface area contributed by atoms with Crippen LogP contribution in [0, 0.1) is 0 Å². The van der Waals surface area contributed by atoms with Crippen molar-refractivity contribution in [2.45, 2.75) is 13.0 Å². The number of sulfonamides is 1. The zero-order valence-electron chi connectivity index (χ0n) is 11.7. The lowest BCUT2D eigenvalue weighted by molar-refractivity contribution is 0.122. The van der Waals surface area contributed by atoms with Crippen LogP contribution >= 0.6 is 11.6 Å². The first kappa shape index (κ1) is 15.0. The molecule has 0 saturated carbocycles. The highest BCUT2D eigenvalue weighted by Crippen LogP contribution is 2.26. The van der Waals surface area contributed by atoms with Crippen molar-refractivity contribution in [3.8, 4) is 0 Å². The van der Waals surface area contributed by atoms with Gasteiger partial charge in [-0.15, -0.1) is 0 Å². The third kappa shape index (κ3) is 3.31. The van der Waals surface area contributed by atoms with Gasteiger partial charge in [0.25, 0.3) is 0 Å². The monoisotopic (exact) mass is 331 g/mol. The van der Waals surface area contributed by atoms with E-state index in [-0.39, 0.29) is 12.3 Å². The molecule has 21 heavy (non-hydrogen) atoms. The fourth-order valence-electron chi connectivity index (χ4n) is 2.71. The Balaban J connectivity index is 1.87. The van der Waals surface area contributed by atoms with Crippen molar-refractivity contribution in [3.63, 3.8) is 0 Å². The highest BCUT2D eigenvalue weighted by atomic mass is 35.5. The zero-order valence-corrected chi connectivity index (χ0v) is 13.2. The number of rotatable bonds is 3. The summed E-state index contributed by atoms with van der Waals surface area (Å²) >= 11 is 5.99. The lowest BCUT2D eigenvalue weighted by Crippen LogP contribution is -2.37. The minimum atomic E-state index is -3.14. The van der Waals surface area contributed by atoms with Crippen molar-refractivity contribution in [2.24, 2.45) is 0 Å². The molecule has 0 aliphatic carbocycles. The van der Waals surface area contributed by atoms with Crippen molar-refractivity contribution >= 4 is 27.3 Å². The van der Waals surface area contributed by atoms with Gasteiger partial charge in [0.2, 0.25) is 10.0 Å². The minimum Gasteiger partial charge on any atom is -0.378 e. The largest absolute Gasteiger partial charge is 0.378 e. The van der Waals surface area contributed by atoms with Crippen LogP contribution in [-0.4, -0.2) is 56.3 Å². The number of nitrogens with zero attached hydrogens (tertiary/aromatic N) is 3. The van der Waals surface area contributed by atoms with E-state index in [1.54, 1.807) is 6.07 Å². The maximum absolute atomic E-state index is 12.0. The van der Waals surface area contributed by atoms with Crippen molar-refractivity contribution in [1.82, 2.24) is 9.29 Å². The quantitative estimate of drug-likeness (QED) is 0.776. The Morgan fingerprint density at radius 3 is 2.67 bits per heavy atom. The number of morpholine rings is 1. The predicted octanol–water partition coefficient (Wildman–Crippen LogP) is 1.11. The van der Waals surface area contributed by atoms with Crippen LogP contribution in [0.15, 0.2) is 12.1 Å². The molecule has 6 nitrogen and oxygen atoms in total. The molecule has 0 aromatic carbocycles. The van der Waals surface area contributed by atoms with E-state index in [1.807, 2.05) is 6.07 Å². The van der Waals surface area contributed by atoms with Crippen LogP contribution in [-0.2, 0) is 21.3 Å². The molecule has 3 heterocycles. The van der Waals surface area contributed by atoms with Crippen LogP contribution in [0.2, 0.25) is 5.15 Å². The molecule has 0 unspecified atom stereocenters. The van der Waals surface area contributed by atoms with Crippen LogP contribution in [0.4, 0.5) is 5.69 Å². The molecule has 3 rings (SSSR count). The lowest BCUT2D eigenvalue weighted by atomic mass is 10.2. The van der Waals surface area contributed by atoms with Gasteiger partial charge in [-0.25, -0.2) is 13.4 Å². The predicted molar refractivity (Wildman–Crippen MR) is 81.1 cm³/mol. The number of anilines is 1. The Labute approximate surface area is 129 Å². The first-order chi connectivity index (χ1) is 10.1. The van der Waals surface area contributed by atoms with Gasteiger partial charge in [-0.2, -0.15) is 4.31 Å². The van der Waals surface area contributed by atoms with Crippen LogP contribution < -0.4 is 4.90 Å². The van der Waals surface area contributed by atoms with E-state index in [9.17, 15) is 8.42 Å². The normalized spacial score (nSPS) is 22.6.